The molecule has 0 spiro atoms. The summed E-state index contributed by atoms with van der Waals surface area (Å²) in [6.07, 6.45) is 3.29. The molecule has 1 N–H and O–H groups in total. The summed E-state index contributed by atoms with van der Waals surface area (Å²) in [5, 5.41) is 12.0. The Kier molecular flexibility index (Phi) is 6.72. The van der Waals surface area contributed by atoms with Crippen LogP contribution in [-0.2, 0) is 13.2 Å². The Labute approximate surface area is 201 Å². The normalized spacial score (nSPS) is 10.9. The molecule has 0 aliphatic rings. The van der Waals surface area contributed by atoms with E-state index in [9.17, 15) is 4.79 Å². The molecule has 9 heteroatoms. The van der Waals surface area contributed by atoms with Crippen LogP contribution in [0.4, 0.5) is 5.69 Å². The summed E-state index contributed by atoms with van der Waals surface area (Å²) in [6.45, 7) is 6.36. The van der Waals surface area contributed by atoms with E-state index in [2.05, 4.69) is 15.6 Å². The first-order valence-electron chi connectivity index (χ1n) is 10.2. The lowest BCUT2D eigenvalue weighted by Crippen LogP contribution is -2.15. The highest BCUT2D eigenvalue weighted by Gasteiger charge is 2.21. The topological polar surface area (TPSA) is 82.2 Å². The van der Waals surface area contributed by atoms with Crippen molar-refractivity contribution in [2.75, 3.05) is 5.32 Å². The summed E-state index contributed by atoms with van der Waals surface area (Å²) in [4.78, 5) is 12.9. The minimum Gasteiger partial charge on any atom is -0.488 e. The molecule has 2 aromatic carbocycles. The highest BCUT2D eigenvalue weighted by molar-refractivity contribution is 6.42. The van der Waals surface area contributed by atoms with Gasteiger partial charge in [-0.25, -0.2) is 0 Å². The molecule has 0 saturated carbocycles. The molecular weight excluding hydrogens is 463 g/mol. The van der Waals surface area contributed by atoms with Crippen molar-refractivity contribution in [1.29, 1.82) is 0 Å². The molecule has 7 nitrogen and oxygen atoms in total. The first-order chi connectivity index (χ1) is 15.8. The number of carbonyl (C=O) groups is 1. The second kappa shape index (κ2) is 9.68. The van der Waals surface area contributed by atoms with Gasteiger partial charge >= 0.3 is 0 Å². The third kappa shape index (κ3) is 5.38. The lowest BCUT2D eigenvalue weighted by Gasteiger charge is -2.10. The number of aromatic nitrogens is 3. The van der Waals surface area contributed by atoms with E-state index in [1.54, 1.807) is 36.1 Å². The highest BCUT2D eigenvalue weighted by atomic mass is 35.5. The zero-order chi connectivity index (χ0) is 23.5. The number of carbonyl (C=O) groups excluding carboxylic acids is 1. The number of aryl methyl sites for hydroxylation is 3. The second-order valence-electron chi connectivity index (χ2n) is 7.75. The summed E-state index contributed by atoms with van der Waals surface area (Å²) in [5.41, 5.74) is 4.33. The molecule has 0 saturated heterocycles. The first-order valence-corrected chi connectivity index (χ1v) is 11.0. The zero-order valence-electron chi connectivity index (χ0n) is 18.4. The van der Waals surface area contributed by atoms with Crippen molar-refractivity contribution in [1.82, 2.24) is 14.9 Å². The van der Waals surface area contributed by atoms with E-state index in [4.69, 9.17) is 32.5 Å². The Hall–Kier alpha value is -3.29. The van der Waals surface area contributed by atoms with Gasteiger partial charge in [0.15, 0.2) is 5.69 Å². The molecule has 4 aromatic rings. The Morgan fingerprint density at radius 2 is 1.94 bits per heavy atom. The number of ether oxygens (including phenoxy) is 1. The maximum Gasteiger partial charge on any atom is 0.278 e. The first kappa shape index (κ1) is 22.9. The van der Waals surface area contributed by atoms with Crippen LogP contribution in [-0.4, -0.2) is 20.8 Å². The van der Waals surface area contributed by atoms with Crippen LogP contribution in [0.3, 0.4) is 0 Å². The van der Waals surface area contributed by atoms with Gasteiger partial charge in [-0.05, 0) is 55.7 Å². The number of nitrogens with one attached hydrogen (secondary N) is 1. The van der Waals surface area contributed by atoms with Crippen molar-refractivity contribution in [3.63, 3.8) is 0 Å². The quantitative estimate of drug-likeness (QED) is 0.348. The monoisotopic (exact) mass is 484 g/mol. The molecule has 2 aromatic heterocycles. The predicted octanol–water partition coefficient (Wildman–Crippen LogP) is 5.98. The van der Waals surface area contributed by atoms with Gasteiger partial charge in [0.2, 0.25) is 0 Å². The van der Waals surface area contributed by atoms with Crippen LogP contribution in [0.2, 0.25) is 10.0 Å². The number of benzene rings is 2. The van der Waals surface area contributed by atoms with Crippen molar-refractivity contribution in [2.24, 2.45) is 0 Å². The van der Waals surface area contributed by atoms with Gasteiger partial charge in [0.1, 0.15) is 18.1 Å². The number of hydrogen-bond acceptors (Lipinski definition) is 5. The molecule has 0 radical (unpaired) electrons. The fourth-order valence-electron chi connectivity index (χ4n) is 3.28. The molecule has 1 amide bonds. The van der Waals surface area contributed by atoms with Crippen LogP contribution in [0.1, 0.15) is 38.5 Å². The molecule has 33 heavy (non-hydrogen) atoms. The maximum atomic E-state index is 12.9. The zero-order valence-corrected chi connectivity index (χ0v) is 19.9. The van der Waals surface area contributed by atoms with Crippen molar-refractivity contribution in [3.05, 3.63) is 92.5 Å². The smallest absolute Gasteiger partial charge is 0.278 e. The van der Waals surface area contributed by atoms with E-state index in [-0.39, 0.29) is 12.3 Å². The van der Waals surface area contributed by atoms with Gasteiger partial charge < -0.3 is 14.6 Å². The number of amides is 1. The molecule has 0 unspecified atom stereocenters. The Bertz CT molecular complexity index is 1310. The van der Waals surface area contributed by atoms with Gasteiger partial charge in [-0.15, -0.1) is 0 Å². The second-order valence-corrected chi connectivity index (χ2v) is 8.57. The third-order valence-corrected chi connectivity index (χ3v) is 5.87. The number of anilines is 1. The molecule has 0 bridgehead atoms. The van der Waals surface area contributed by atoms with Crippen LogP contribution in [0, 0.1) is 20.8 Å². The van der Waals surface area contributed by atoms with Gasteiger partial charge in [-0.2, -0.15) is 5.10 Å². The minimum atomic E-state index is -0.402. The number of hydrogen-bond donors (Lipinski definition) is 1. The van der Waals surface area contributed by atoms with E-state index < -0.39 is 5.91 Å². The molecule has 0 aliphatic carbocycles. The van der Waals surface area contributed by atoms with Crippen LogP contribution in [0.25, 0.3) is 0 Å². The summed E-state index contributed by atoms with van der Waals surface area (Å²) >= 11 is 12.0. The Morgan fingerprint density at radius 3 is 2.73 bits per heavy atom. The van der Waals surface area contributed by atoms with Gasteiger partial charge in [-0.1, -0.05) is 46.6 Å². The molecule has 0 fully saturated rings. The average molecular weight is 485 g/mol. The Morgan fingerprint density at radius 1 is 1.12 bits per heavy atom. The molecular formula is C24H22Cl2N4O3. The lowest BCUT2D eigenvalue weighted by molar-refractivity contribution is 0.101. The van der Waals surface area contributed by atoms with Gasteiger partial charge in [0, 0.05) is 6.20 Å². The SMILES string of the molecule is Cc1ccc(C)c(OCc2c(C(=O)Nc3cnn(Cc4ccc(Cl)c(Cl)c4)c3)noc2C)c1. The van der Waals surface area contributed by atoms with Crippen molar-refractivity contribution in [3.8, 4) is 5.75 Å². The highest BCUT2D eigenvalue weighted by Crippen LogP contribution is 2.24. The van der Waals surface area contributed by atoms with E-state index in [0.29, 0.717) is 33.6 Å². The molecule has 2 heterocycles. The van der Waals surface area contributed by atoms with E-state index >= 15 is 0 Å². The van der Waals surface area contributed by atoms with E-state index in [1.807, 2.05) is 38.1 Å². The van der Waals surface area contributed by atoms with Crippen LogP contribution < -0.4 is 10.1 Å². The van der Waals surface area contributed by atoms with E-state index in [1.165, 1.54) is 0 Å². The summed E-state index contributed by atoms with van der Waals surface area (Å²) < 4.78 is 12.9. The molecule has 0 aliphatic heterocycles. The van der Waals surface area contributed by atoms with Crippen molar-refractivity contribution in [2.45, 2.75) is 33.9 Å². The predicted molar refractivity (Wildman–Crippen MR) is 127 cm³/mol. The van der Waals surface area contributed by atoms with Crippen molar-refractivity contribution < 1.29 is 14.1 Å². The lowest BCUT2D eigenvalue weighted by atomic mass is 10.1. The minimum absolute atomic E-state index is 0.166. The standard InChI is InChI=1S/C24H22Cl2N4O3/c1-14-4-5-15(2)22(8-14)32-13-19-16(3)33-29-23(19)24(31)28-18-10-27-30(12-18)11-17-6-7-20(25)21(26)9-17/h4-10,12H,11,13H2,1-3H3,(H,28,31). The molecule has 170 valence electrons. The maximum absolute atomic E-state index is 12.9. The molecule has 0 atom stereocenters. The largest absolute Gasteiger partial charge is 0.488 e. The van der Waals surface area contributed by atoms with Crippen LogP contribution in [0.15, 0.2) is 53.3 Å². The van der Waals surface area contributed by atoms with Gasteiger partial charge in [0.05, 0.1) is 34.0 Å². The summed E-state index contributed by atoms with van der Waals surface area (Å²) in [7, 11) is 0. The average Bonchev–Trinajstić information content (AvgIpc) is 3.37. The number of halogens is 2. The third-order valence-electron chi connectivity index (χ3n) is 5.14. The fraction of sp³-hybridized carbons (Fsp3) is 0.208. The van der Waals surface area contributed by atoms with Gasteiger partial charge in [0.25, 0.3) is 5.91 Å². The summed E-state index contributed by atoms with van der Waals surface area (Å²) in [5.74, 6) is 0.881. The fourth-order valence-corrected chi connectivity index (χ4v) is 3.60. The van der Waals surface area contributed by atoms with Gasteiger partial charge in [-0.3, -0.25) is 9.48 Å². The number of nitrogens with zero attached hydrogens (tertiary/aromatic N) is 3. The van der Waals surface area contributed by atoms with Crippen LogP contribution in [0.5, 0.6) is 5.75 Å². The Balaban J connectivity index is 1.44. The summed E-state index contributed by atoms with van der Waals surface area (Å²) in [6, 6.07) is 11.4. The molecule has 4 rings (SSSR count). The number of rotatable bonds is 7. The van der Waals surface area contributed by atoms with Crippen molar-refractivity contribution >= 4 is 34.8 Å². The van der Waals surface area contributed by atoms with Crippen LogP contribution >= 0.6 is 23.2 Å². The van der Waals surface area contributed by atoms with E-state index in [0.717, 1.165) is 22.4 Å².